The maximum Gasteiger partial charge on any atom is 0.264 e. The van der Waals surface area contributed by atoms with Crippen LogP contribution in [0.1, 0.15) is 43.9 Å². The smallest absolute Gasteiger partial charge is 0.264 e. The summed E-state index contributed by atoms with van der Waals surface area (Å²) in [5.41, 5.74) is 2.93. The average Bonchev–Trinajstić information content (AvgIpc) is 2.90. The number of halogens is 1. The third-order valence-electron chi connectivity index (χ3n) is 6.67. The summed E-state index contributed by atoms with van der Waals surface area (Å²) in [6.07, 6.45) is 0.741. The van der Waals surface area contributed by atoms with Gasteiger partial charge in [-0.25, -0.2) is 8.42 Å². The predicted octanol–water partition coefficient (Wildman–Crippen LogP) is 5.48. The van der Waals surface area contributed by atoms with Gasteiger partial charge in [0.15, 0.2) is 0 Å². The Labute approximate surface area is 236 Å². The van der Waals surface area contributed by atoms with Gasteiger partial charge in [0.25, 0.3) is 10.0 Å². The lowest BCUT2D eigenvalue weighted by atomic mass is 10.1. The molecule has 2 amide bonds. The Bertz CT molecular complexity index is 1410. The molecule has 3 rings (SSSR count). The minimum atomic E-state index is -4.14. The van der Waals surface area contributed by atoms with Gasteiger partial charge in [-0.1, -0.05) is 66.6 Å². The Balaban J connectivity index is 2.04. The summed E-state index contributed by atoms with van der Waals surface area (Å²) in [5.74, 6) is -0.794. The molecular weight excluding hydrogens is 534 g/mol. The number of rotatable bonds is 11. The number of carbonyl (C=O) groups excluding carboxylic acids is 2. The molecule has 0 radical (unpaired) electrons. The van der Waals surface area contributed by atoms with Crippen LogP contribution in [0.15, 0.2) is 77.7 Å². The molecule has 0 heterocycles. The van der Waals surface area contributed by atoms with Gasteiger partial charge in [-0.3, -0.25) is 13.9 Å². The van der Waals surface area contributed by atoms with Gasteiger partial charge < -0.3 is 10.2 Å². The van der Waals surface area contributed by atoms with Crippen molar-refractivity contribution in [1.82, 2.24) is 10.2 Å². The van der Waals surface area contributed by atoms with Crippen LogP contribution >= 0.6 is 11.6 Å². The number of benzene rings is 3. The Morgan fingerprint density at radius 2 is 1.62 bits per heavy atom. The maximum atomic E-state index is 14.0. The number of amides is 2. The SMILES string of the molecule is CC[C@H](C)NC(=O)[C@@H](C)N(Cc1cccc(C)c1)C(=O)CN(c1ccccc1C)S(=O)(=O)c1ccc(Cl)cc1. The van der Waals surface area contributed by atoms with Crippen molar-refractivity contribution in [1.29, 1.82) is 0 Å². The molecule has 2 atom stereocenters. The highest BCUT2D eigenvalue weighted by molar-refractivity contribution is 7.92. The first-order chi connectivity index (χ1) is 18.4. The first kappa shape index (κ1) is 30.2. The van der Waals surface area contributed by atoms with Crippen molar-refractivity contribution in [2.24, 2.45) is 0 Å². The number of carbonyl (C=O) groups is 2. The van der Waals surface area contributed by atoms with E-state index >= 15 is 0 Å². The number of hydrogen-bond donors (Lipinski definition) is 1. The van der Waals surface area contributed by atoms with Crippen LogP contribution in [0.25, 0.3) is 0 Å². The van der Waals surface area contributed by atoms with E-state index in [1.54, 1.807) is 38.1 Å². The highest BCUT2D eigenvalue weighted by atomic mass is 35.5. The van der Waals surface area contributed by atoms with E-state index in [9.17, 15) is 18.0 Å². The lowest BCUT2D eigenvalue weighted by molar-refractivity contribution is -0.139. The van der Waals surface area contributed by atoms with Gasteiger partial charge in [0.05, 0.1) is 10.6 Å². The van der Waals surface area contributed by atoms with Gasteiger partial charge in [0.1, 0.15) is 12.6 Å². The fourth-order valence-corrected chi connectivity index (χ4v) is 5.75. The number of nitrogens with one attached hydrogen (secondary N) is 1. The Morgan fingerprint density at radius 3 is 2.23 bits per heavy atom. The number of para-hydroxylation sites is 1. The van der Waals surface area contributed by atoms with Crippen molar-refractivity contribution in [2.45, 2.75) is 64.6 Å². The normalized spacial score (nSPS) is 12.9. The van der Waals surface area contributed by atoms with Gasteiger partial charge in [0, 0.05) is 17.6 Å². The van der Waals surface area contributed by atoms with E-state index in [1.807, 2.05) is 45.0 Å². The molecule has 9 heteroatoms. The molecule has 0 saturated heterocycles. The molecule has 7 nitrogen and oxygen atoms in total. The lowest BCUT2D eigenvalue weighted by Crippen LogP contribution is -2.52. The highest BCUT2D eigenvalue weighted by Crippen LogP contribution is 2.28. The molecular formula is C30H36ClN3O4S. The molecule has 39 heavy (non-hydrogen) atoms. The Hall–Kier alpha value is -3.36. The molecule has 208 valence electrons. The van der Waals surface area contributed by atoms with Crippen LogP contribution in [-0.4, -0.2) is 43.8 Å². The van der Waals surface area contributed by atoms with Crippen molar-refractivity contribution < 1.29 is 18.0 Å². The zero-order valence-electron chi connectivity index (χ0n) is 23.0. The fraction of sp³-hybridized carbons (Fsp3) is 0.333. The molecule has 0 aromatic heterocycles. The summed E-state index contributed by atoms with van der Waals surface area (Å²) in [7, 11) is -4.14. The number of sulfonamides is 1. The summed E-state index contributed by atoms with van der Waals surface area (Å²) in [6, 6.07) is 19.6. The van der Waals surface area contributed by atoms with Crippen molar-refractivity contribution in [3.05, 3.63) is 94.5 Å². The van der Waals surface area contributed by atoms with Crippen LogP contribution in [0.2, 0.25) is 5.02 Å². The van der Waals surface area contributed by atoms with Gasteiger partial charge in [0.2, 0.25) is 11.8 Å². The summed E-state index contributed by atoms with van der Waals surface area (Å²) in [4.78, 5) is 28.6. The second-order valence-electron chi connectivity index (χ2n) is 9.76. The van der Waals surface area contributed by atoms with Crippen LogP contribution in [0.3, 0.4) is 0 Å². The summed E-state index contributed by atoms with van der Waals surface area (Å²) >= 11 is 6.00. The number of aryl methyl sites for hydroxylation is 2. The minimum absolute atomic E-state index is 0.00995. The molecule has 3 aromatic rings. The molecule has 0 saturated carbocycles. The van der Waals surface area contributed by atoms with Crippen molar-refractivity contribution in [3.63, 3.8) is 0 Å². The average molecular weight is 570 g/mol. The third kappa shape index (κ3) is 7.61. The first-order valence-corrected chi connectivity index (χ1v) is 14.7. The highest BCUT2D eigenvalue weighted by Gasteiger charge is 2.33. The number of nitrogens with zero attached hydrogens (tertiary/aromatic N) is 2. The second-order valence-corrected chi connectivity index (χ2v) is 12.1. The topological polar surface area (TPSA) is 86.8 Å². The Morgan fingerprint density at radius 1 is 0.949 bits per heavy atom. The number of anilines is 1. The molecule has 1 N–H and O–H groups in total. The summed E-state index contributed by atoms with van der Waals surface area (Å²) < 4.78 is 28.9. The standard InChI is InChI=1S/C30H36ClN3O4S/c1-6-23(4)32-30(36)24(5)33(19-25-12-9-10-21(2)18-25)29(35)20-34(28-13-8-7-11-22(28)3)39(37,38)27-16-14-26(31)15-17-27/h7-18,23-24H,6,19-20H2,1-5H3,(H,32,36)/t23-,24+/m0/s1. The molecule has 0 unspecified atom stereocenters. The largest absolute Gasteiger partial charge is 0.352 e. The molecule has 0 aliphatic carbocycles. The van der Waals surface area contributed by atoms with E-state index in [2.05, 4.69) is 5.32 Å². The summed E-state index contributed by atoms with van der Waals surface area (Å²) in [5, 5.41) is 3.34. The van der Waals surface area contributed by atoms with Crippen LogP contribution in [0.4, 0.5) is 5.69 Å². The fourth-order valence-electron chi connectivity index (χ4n) is 4.15. The molecule has 0 aliphatic heterocycles. The van der Waals surface area contributed by atoms with Crippen molar-refractivity contribution in [2.75, 3.05) is 10.8 Å². The molecule has 0 fully saturated rings. The van der Waals surface area contributed by atoms with E-state index in [0.717, 1.165) is 21.9 Å². The van der Waals surface area contributed by atoms with E-state index < -0.39 is 28.5 Å². The maximum absolute atomic E-state index is 14.0. The third-order valence-corrected chi connectivity index (χ3v) is 8.69. The van der Waals surface area contributed by atoms with Crippen LogP contribution in [0, 0.1) is 13.8 Å². The quantitative estimate of drug-likeness (QED) is 0.331. The van der Waals surface area contributed by atoms with Crippen molar-refractivity contribution in [3.8, 4) is 0 Å². The van der Waals surface area contributed by atoms with Gasteiger partial charge in [-0.15, -0.1) is 0 Å². The molecule has 0 bridgehead atoms. The van der Waals surface area contributed by atoms with E-state index in [1.165, 1.54) is 29.2 Å². The minimum Gasteiger partial charge on any atom is -0.352 e. The monoisotopic (exact) mass is 569 g/mol. The lowest BCUT2D eigenvalue weighted by Gasteiger charge is -2.33. The zero-order chi connectivity index (χ0) is 28.7. The van der Waals surface area contributed by atoms with Gasteiger partial charge in [-0.2, -0.15) is 0 Å². The van der Waals surface area contributed by atoms with Crippen molar-refractivity contribution >= 4 is 39.1 Å². The summed E-state index contributed by atoms with van der Waals surface area (Å²) in [6.45, 7) is 8.94. The van der Waals surface area contributed by atoms with Crippen LogP contribution in [0.5, 0.6) is 0 Å². The predicted molar refractivity (Wildman–Crippen MR) is 156 cm³/mol. The van der Waals surface area contributed by atoms with Crippen LogP contribution in [-0.2, 0) is 26.2 Å². The molecule has 0 aliphatic rings. The number of hydrogen-bond acceptors (Lipinski definition) is 4. The van der Waals surface area contributed by atoms with Gasteiger partial charge in [-0.05, 0) is 75.6 Å². The molecule has 3 aromatic carbocycles. The molecule has 0 spiro atoms. The van der Waals surface area contributed by atoms with E-state index in [0.29, 0.717) is 16.3 Å². The van der Waals surface area contributed by atoms with Gasteiger partial charge >= 0.3 is 0 Å². The van der Waals surface area contributed by atoms with Crippen LogP contribution < -0.4 is 9.62 Å². The first-order valence-electron chi connectivity index (χ1n) is 12.9. The second kappa shape index (κ2) is 13.1. The Kier molecular flexibility index (Phi) is 10.2. The zero-order valence-corrected chi connectivity index (χ0v) is 24.6. The van der Waals surface area contributed by atoms with E-state index in [-0.39, 0.29) is 23.4 Å². The van der Waals surface area contributed by atoms with E-state index in [4.69, 9.17) is 11.6 Å².